The number of rotatable bonds is 3. The number of likely N-dealkylation sites (N-methyl/N-ethyl adjacent to an activating group) is 1. The van der Waals surface area contributed by atoms with E-state index in [1.807, 2.05) is 7.05 Å². The van der Waals surface area contributed by atoms with Gasteiger partial charge in [-0.05, 0) is 30.8 Å². The Morgan fingerprint density at radius 3 is 2.83 bits per heavy atom. The van der Waals surface area contributed by atoms with Crippen molar-refractivity contribution < 1.29 is 1.43 Å². The molecule has 0 bridgehead atoms. The van der Waals surface area contributed by atoms with E-state index in [4.69, 9.17) is 0 Å². The standard InChI is InChI=1S/C11H19N.H2/c1-4-9-6-7-10(5-2)11(8-9)12-3;/h7-9,12H,4-6H2,1-3H3;1H. The fourth-order valence-corrected chi connectivity index (χ4v) is 1.68. The van der Waals surface area contributed by atoms with Crippen LogP contribution in [0.1, 0.15) is 34.5 Å². The Kier molecular flexibility index (Phi) is 3.39. The summed E-state index contributed by atoms with van der Waals surface area (Å²) in [7, 11) is 2.01. The summed E-state index contributed by atoms with van der Waals surface area (Å²) in [6.45, 7) is 4.46. The predicted molar refractivity (Wildman–Crippen MR) is 56.0 cm³/mol. The molecule has 0 saturated carbocycles. The van der Waals surface area contributed by atoms with Crippen molar-refractivity contribution in [2.24, 2.45) is 5.92 Å². The van der Waals surface area contributed by atoms with Gasteiger partial charge in [0.25, 0.3) is 0 Å². The highest BCUT2D eigenvalue weighted by Crippen LogP contribution is 2.24. The van der Waals surface area contributed by atoms with Crippen LogP contribution >= 0.6 is 0 Å². The highest BCUT2D eigenvalue weighted by atomic mass is 14.8. The van der Waals surface area contributed by atoms with Gasteiger partial charge in [0.2, 0.25) is 0 Å². The molecule has 1 rings (SSSR count). The van der Waals surface area contributed by atoms with Gasteiger partial charge in [-0.1, -0.05) is 26.0 Å². The Morgan fingerprint density at radius 2 is 2.33 bits per heavy atom. The summed E-state index contributed by atoms with van der Waals surface area (Å²) in [4.78, 5) is 0. The Morgan fingerprint density at radius 1 is 1.58 bits per heavy atom. The Bertz CT molecular complexity index is 206. The molecule has 0 saturated heterocycles. The molecule has 1 nitrogen and oxygen atoms in total. The van der Waals surface area contributed by atoms with Gasteiger partial charge in [-0.25, -0.2) is 0 Å². The number of nitrogens with one attached hydrogen (secondary N) is 1. The van der Waals surface area contributed by atoms with Crippen LogP contribution in [0.15, 0.2) is 23.4 Å². The van der Waals surface area contributed by atoms with E-state index >= 15 is 0 Å². The molecule has 0 aromatic heterocycles. The first-order valence-electron chi connectivity index (χ1n) is 4.90. The molecule has 1 unspecified atom stereocenters. The maximum Gasteiger partial charge on any atom is 0.0329 e. The molecule has 0 fully saturated rings. The summed E-state index contributed by atoms with van der Waals surface area (Å²) in [5.74, 6) is 0.753. The molecule has 0 radical (unpaired) electrons. The van der Waals surface area contributed by atoms with Gasteiger partial charge in [0.15, 0.2) is 0 Å². The first-order valence-corrected chi connectivity index (χ1v) is 4.90. The highest BCUT2D eigenvalue weighted by Gasteiger charge is 2.11. The Balaban J connectivity index is 0.00000144. The van der Waals surface area contributed by atoms with E-state index in [1.165, 1.54) is 24.1 Å². The van der Waals surface area contributed by atoms with Crippen LogP contribution in [-0.4, -0.2) is 7.05 Å². The Labute approximate surface area is 77.0 Å². The zero-order valence-electron chi connectivity index (χ0n) is 8.35. The van der Waals surface area contributed by atoms with E-state index in [9.17, 15) is 0 Å². The van der Waals surface area contributed by atoms with Crippen LogP contribution in [-0.2, 0) is 0 Å². The quantitative estimate of drug-likeness (QED) is 0.681. The van der Waals surface area contributed by atoms with Crippen LogP contribution in [0.2, 0.25) is 0 Å². The molecule has 1 aliphatic rings. The highest BCUT2D eigenvalue weighted by molar-refractivity contribution is 5.32. The van der Waals surface area contributed by atoms with Gasteiger partial charge in [0, 0.05) is 14.2 Å². The van der Waals surface area contributed by atoms with Crippen molar-refractivity contribution >= 4 is 0 Å². The fraction of sp³-hybridized carbons (Fsp3) is 0.636. The normalized spacial score (nSPS) is 23.1. The molecule has 0 amide bonds. The summed E-state index contributed by atoms with van der Waals surface area (Å²) < 4.78 is 0. The van der Waals surface area contributed by atoms with Crippen molar-refractivity contribution in [3.05, 3.63) is 23.4 Å². The first-order chi connectivity index (χ1) is 5.81. The predicted octanol–water partition coefficient (Wildman–Crippen LogP) is 3.10. The van der Waals surface area contributed by atoms with Gasteiger partial charge in [0.05, 0.1) is 0 Å². The molecule has 1 N–H and O–H groups in total. The number of hydrogen-bond donors (Lipinski definition) is 1. The largest absolute Gasteiger partial charge is 0.388 e. The zero-order chi connectivity index (χ0) is 8.97. The first kappa shape index (κ1) is 9.37. The lowest BCUT2D eigenvalue weighted by Gasteiger charge is -2.20. The van der Waals surface area contributed by atoms with Gasteiger partial charge in [-0.2, -0.15) is 0 Å². The van der Waals surface area contributed by atoms with Crippen molar-refractivity contribution in [2.75, 3.05) is 7.05 Å². The van der Waals surface area contributed by atoms with E-state index in [1.54, 1.807) is 0 Å². The maximum atomic E-state index is 3.26. The van der Waals surface area contributed by atoms with Gasteiger partial charge in [0.1, 0.15) is 0 Å². The van der Waals surface area contributed by atoms with E-state index in [0.29, 0.717) is 0 Å². The molecule has 1 aliphatic carbocycles. The van der Waals surface area contributed by atoms with Gasteiger partial charge in [-0.3, -0.25) is 0 Å². The van der Waals surface area contributed by atoms with Crippen LogP contribution < -0.4 is 5.32 Å². The number of allylic oxidation sites excluding steroid dienone is 3. The van der Waals surface area contributed by atoms with Gasteiger partial charge < -0.3 is 5.32 Å². The van der Waals surface area contributed by atoms with Crippen molar-refractivity contribution in [1.82, 2.24) is 5.32 Å². The maximum absolute atomic E-state index is 3.26. The molecule has 0 aliphatic heterocycles. The van der Waals surface area contributed by atoms with Crippen LogP contribution in [0.25, 0.3) is 0 Å². The molecule has 12 heavy (non-hydrogen) atoms. The third-order valence-corrected chi connectivity index (χ3v) is 2.59. The third-order valence-electron chi connectivity index (χ3n) is 2.59. The van der Waals surface area contributed by atoms with Crippen molar-refractivity contribution in [1.29, 1.82) is 0 Å². The third kappa shape index (κ3) is 1.90. The van der Waals surface area contributed by atoms with Crippen LogP contribution in [0.5, 0.6) is 0 Å². The molecule has 70 valence electrons. The average Bonchev–Trinajstić information content (AvgIpc) is 2.16. The summed E-state index contributed by atoms with van der Waals surface area (Å²) in [5, 5.41) is 3.26. The zero-order valence-corrected chi connectivity index (χ0v) is 8.35. The minimum absolute atomic E-state index is 0. The van der Waals surface area contributed by atoms with E-state index in [2.05, 4.69) is 31.3 Å². The molecule has 0 spiro atoms. The lowest BCUT2D eigenvalue weighted by molar-refractivity contribution is 0.614. The average molecular weight is 167 g/mol. The van der Waals surface area contributed by atoms with Gasteiger partial charge >= 0.3 is 0 Å². The van der Waals surface area contributed by atoms with Crippen LogP contribution in [0.3, 0.4) is 0 Å². The molecule has 0 aromatic carbocycles. The summed E-state index contributed by atoms with van der Waals surface area (Å²) in [5.41, 5.74) is 2.82. The lowest BCUT2D eigenvalue weighted by Crippen LogP contribution is -2.14. The minimum Gasteiger partial charge on any atom is -0.388 e. The lowest BCUT2D eigenvalue weighted by atomic mass is 9.91. The topological polar surface area (TPSA) is 12.0 Å². The number of hydrogen-bond acceptors (Lipinski definition) is 1. The van der Waals surface area contributed by atoms with Crippen LogP contribution in [0.4, 0.5) is 0 Å². The Hall–Kier alpha value is -0.720. The monoisotopic (exact) mass is 167 g/mol. The summed E-state index contributed by atoms with van der Waals surface area (Å²) in [6, 6.07) is 0. The van der Waals surface area contributed by atoms with E-state index in [-0.39, 0.29) is 1.43 Å². The summed E-state index contributed by atoms with van der Waals surface area (Å²) >= 11 is 0. The summed E-state index contributed by atoms with van der Waals surface area (Å²) in [6.07, 6.45) is 8.37. The van der Waals surface area contributed by atoms with E-state index < -0.39 is 0 Å². The van der Waals surface area contributed by atoms with Crippen molar-refractivity contribution in [2.45, 2.75) is 33.1 Å². The van der Waals surface area contributed by atoms with Crippen LogP contribution in [0, 0.1) is 5.92 Å². The second-order valence-electron chi connectivity index (χ2n) is 3.32. The SMILES string of the molecule is CCC1=CCC(CC)C=C1NC.[HH]. The fourth-order valence-electron chi connectivity index (χ4n) is 1.68. The van der Waals surface area contributed by atoms with Crippen molar-refractivity contribution in [3.63, 3.8) is 0 Å². The van der Waals surface area contributed by atoms with E-state index in [0.717, 1.165) is 12.3 Å². The second-order valence-corrected chi connectivity index (χ2v) is 3.32. The van der Waals surface area contributed by atoms with Gasteiger partial charge in [-0.15, -0.1) is 0 Å². The minimum atomic E-state index is 0. The molecular weight excluding hydrogens is 146 g/mol. The molecule has 1 heteroatoms. The van der Waals surface area contributed by atoms with Crippen molar-refractivity contribution in [3.8, 4) is 0 Å². The second kappa shape index (κ2) is 4.34. The molecule has 1 atom stereocenters. The molecular formula is C11H21N. The molecule has 0 aromatic rings. The smallest absolute Gasteiger partial charge is 0.0329 e. The molecule has 0 heterocycles.